The second-order valence-electron chi connectivity index (χ2n) is 12.8. The minimum absolute atomic E-state index is 0.107. The van der Waals surface area contributed by atoms with E-state index in [2.05, 4.69) is 40.7 Å². The Kier molecular flexibility index (Phi) is 8.57. The molecule has 0 N–H and O–H groups in total. The number of hydrogen-bond acceptors (Lipinski definition) is 6. The molecule has 0 aliphatic carbocycles. The van der Waals surface area contributed by atoms with Gasteiger partial charge in [-0.3, -0.25) is 0 Å². The molecule has 4 rings (SSSR count). The van der Waals surface area contributed by atoms with Crippen molar-refractivity contribution in [3.63, 3.8) is 0 Å². The molecule has 2 aliphatic rings. The molecule has 1 amide bonds. The van der Waals surface area contributed by atoms with E-state index in [0.29, 0.717) is 19.7 Å². The largest absolute Gasteiger partial charge is 0.494 e. The maximum absolute atomic E-state index is 13.2. The SMILES string of the molecule is C[C@H](COc1ccccc1)CN(C[C@H]1CCc2cc(B3OC(C)(C)C(C)(C)O3)ccc2O1)C(=O)OC(C)(C)C. The van der Waals surface area contributed by atoms with Crippen molar-refractivity contribution < 1.29 is 28.3 Å². The summed E-state index contributed by atoms with van der Waals surface area (Å²) in [4.78, 5) is 14.9. The number of benzene rings is 2. The van der Waals surface area contributed by atoms with Crippen molar-refractivity contribution in [1.82, 2.24) is 4.90 Å². The van der Waals surface area contributed by atoms with Crippen molar-refractivity contribution in [2.24, 2.45) is 5.92 Å². The average Bonchev–Trinajstić information content (AvgIpc) is 3.08. The third-order valence-electron chi connectivity index (χ3n) is 7.52. The van der Waals surface area contributed by atoms with E-state index in [1.165, 1.54) is 0 Å². The number of fused-ring (bicyclic) bond motifs is 1. The third kappa shape index (κ3) is 7.49. The maximum Gasteiger partial charge on any atom is 0.494 e. The van der Waals surface area contributed by atoms with Gasteiger partial charge >= 0.3 is 13.2 Å². The summed E-state index contributed by atoms with van der Waals surface area (Å²) in [6, 6.07) is 15.9. The summed E-state index contributed by atoms with van der Waals surface area (Å²) in [6.07, 6.45) is 1.19. The summed E-state index contributed by atoms with van der Waals surface area (Å²) in [5, 5.41) is 0. The molecular weight excluding hydrogens is 493 g/mol. The Morgan fingerprint density at radius 1 is 1.08 bits per heavy atom. The van der Waals surface area contributed by atoms with E-state index >= 15 is 0 Å². The van der Waals surface area contributed by atoms with Crippen LogP contribution in [0.25, 0.3) is 0 Å². The number of ether oxygens (including phenoxy) is 3. The first-order chi connectivity index (χ1) is 18.2. The average molecular weight is 538 g/mol. The van der Waals surface area contributed by atoms with Crippen molar-refractivity contribution in [2.45, 2.75) is 91.1 Å². The molecule has 1 saturated heterocycles. The fraction of sp³-hybridized carbons (Fsp3) is 0.581. The van der Waals surface area contributed by atoms with Gasteiger partial charge in [-0.2, -0.15) is 0 Å². The van der Waals surface area contributed by atoms with E-state index in [-0.39, 0.29) is 29.3 Å². The van der Waals surface area contributed by atoms with Gasteiger partial charge in [0.2, 0.25) is 0 Å². The highest BCUT2D eigenvalue weighted by molar-refractivity contribution is 6.62. The quantitative estimate of drug-likeness (QED) is 0.407. The van der Waals surface area contributed by atoms with Gasteiger partial charge in [-0.1, -0.05) is 37.3 Å². The van der Waals surface area contributed by atoms with Gasteiger partial charge in [0.25, 0.3) is 0 Å². The number of carbonyl (C=O) groups is 1. The van der Waals surface area contributed by atoms with E-state index in [1.54, 1.807) is 4.90 Å². The van der Waals surface area contributed by atoms with E-state index in [9.17, 15) is 4.79 Å². The van der Waals surface area contributed by atoms with Gasteiger partial charge in [0.05, 0.1) is 24.4 Å². The van der Waals surface area contributed by atoms with Crippen LogP contribution >= 0.6 is 0 Å². The van der Waals surface area contributed by atoms with Crippen LogP contribution in [-0.4, -0.2) is 60.7 Å². The first-order valence-electron chi connectivity index (χ1n) is 14.0. The molecule has 8 heteroatoms. The van der Waals surface area contributed by atoms with Crippen LogP contribution in [0.15, 0.2) is 48.5 Å². The summed E-state index contributed by atoms with van der Waals surface area (Å²) in [5.41, 5.74) is 0.778. The molecule has 2 atom stereocenters. The normalized spacial score (nSPS) is 20.5. The predicted molar refractivity (Wildman–Crippen MR) is 154 cm³/mol. The van der Waals surface area contributed by atoms with Gasteiger partial charge in [-0.15, -0.1) is 0 Å². The van der Waals surface area contributed by atoms with Crippen LogP contribution in [0.3, 0.4) is 0 Å². The molecule has 0 radical (unpaired) electrons. The molecule has 0 saturated carbocycles. The van der Waals surface area contributed by atoms with Crippen molar-refractivity contribution in [3.05, 3.63) is 54.1 Å². The van der Waals surface area contributed by atoms with Gasteiger partial charge in [0.15, 0.2) is 0 Å². The van der Waals surface area contributed by atoms with E-state index in [4.69, 9.17) is 23.5 Å². The Morgan fingerprint density at radius 3 is 2.38 bits per heavy atom. The summed E-state index contributed by atoms with van der Waals surface area (Å²) in [6.45, 7) is 17.4. The van der Waals surface area contributed by atoms with Crippen LogP contribution in [0.5, 0.6) is 11.5 Å². The molecule has 1 fully saturated rings. The molecule has 212 valence electrons. The lowest BCUT2D eigenvalue weighted by molar-refractivity contribution is 0.00578. The Bertz CT molecular complexity index is 1110. The van der Waals surface area contributed by atoms with Gasteiger partial charge in [-0.05, 0) is 90.5 Å². The van der Waals surface area contributed by atoms with Crippen molar-refractivity contribution in [2.75, 3.05) is 19.7 Å². The lowest BCUT2D eigenvalue weighted by Crippen LogP contribution is -2.46. The Morgan fingerprint density at radius 2 is 1.74 bits per heavy atom. The Hall–Kier alpha value is -2.71. The number of carbonyl (C=O) groups excluding carboxylic acids is 1. The second kappa shape index (κ2) is 11.4. The molecule has 2 heterocycles. The lowest BCUT2D eigenvalue weighted by atomic mass is 9.77. The topological polar surface area (TPSA) is 66.5 Å². The van der Waals surface area contributed by atoms with E-state index in [1.807, 2.05) is 63.2 Å². The van der Waals surface area contributed by atoms with Crippen molar-refractivity contribution in [3.8, 4) is 11.5 Å². The maximum atomic E-state index is 13.2. The minimum Gasteiger partial charge on any atom is -0.493 e. The first kappa shape index (κ1) is 29.3. The molecule has 39 heavy (non-hydrogen) atoms. The van der Waals surface area contributed by atoms with Gasteiger partial charge in [-0.25, -0.2) is 4.79 Å². The summed E-state index contributed by atoms with van der Waals surface area (Å²) < 4.78 is 30.5. The van der Waals surface area contributed by atoms with Gasteiger partial charge in [0, 0.05) is 12.5 Å². The predicted octanol–water partition coefficient (Wildman–Crippen LogP) is 5.63. The number of nitrogens with zero attached hydrogens (tertiary/aromatic N) is 1. The number of amides is 1. The van der Waals surface area contributed by atoms with E-state index in [0.717, 1.165) is 35.4 Å². The summed E-state index contributed by atoms with van der Waals surface area (Å²) in [7, 11) is -0.403. The standard InChI is InChI=1S/C31H44BNO6/c1-22(21-35-25-12-10-9-11-13-25)19-33(28(34)37-29(2,3)4)20-26-16-14-23-18-24(15-17-27(23)36-26)32-38-30(5,6)31(7,8)39-32/h9-13,15,17-18,22,26H,14,16,19-21H2,1-8H3/t22-,26+/m0/s1. The lowest BCUT2D eigenvalue weighted by Gasteiger charge is -2.34. The molecule has 7 nitrogen and oxygen atoms in total. The molecule has 2 aliphatic heterocycles. The Labute approximate surface area is 234 Å². The molecule has 2 aromatic rings. The van der Waals surface area contributed by atoms with Crippen LogP contribution in [0.4, 0.5) is 4.79 Å². The minimum atomic E-state index is -0.580. The highest BCUT2D eigenvalue weighted by Gasteiger charge is 2.51. The fourth-order valence-corrected chi connectivity index (χ4v) is 4.70. The molecule has 0 aromatic heterocycles. The van der Waals surface area contributed by atoms with Crippen molar-refractivity contribution in [1.29, 1.82) is 0 Å². The van der Waals surface area contributed by atoms with Crippen LogP contribution in [0.2, 0.25) is 0 Å². The molecule has 0 unspecified atom stereocenters. The second-order valence-corrected chi connectivity index (χ2v) is 12.8. The summed E-state index contributed by atoms with van der Waals surface area (Å²) >= 11 is 0. The molecule has 0 spiro atoms. The molecule has 0 bridgehead atoms. The smallest absolute Gasteiger partial charge is 0.493 e. The monoisotopic (exact) mass is 537 g/mol. The van der Waals surface area contributed by atoms with Gasteiger partial charge < -0.3 is 28.4 Å². The van der Waals surface area contributed by atoms with Crippen LogP contribution in [0.1, 0.15) is 67.4 Å². The first-order valence-corrected chi connectivity index (χ1v) is 14.0. The Balaban J connectivity index is 1.40. The number of hydrogen-bond donors (Lipinski definition) is 0. The van der Waals surface area contributed by atoms with Crippen LogP contribution in [0, 0.1) is 5.92 Å². The molecular formula is C31H44BNO6. The zero-order valence-electron chi connectivity index (χ0n) is 24.8. The van der Waals surface area contributed by atoms with E-state index < -0.39 is 12.7 Å². The number of aryl methyl sites for hydroxylation is 1. The zero-order valence-corrected chi connectivity index (χ0v) is 24.8. The fourth-order valence-electron chi connectivity index (χ4n) is 4.70. The zero-order chi connectivity index (χ0) is 28.4. The molecule has 2 aromatic carbocycles. The van der Waals surface area contributed by atoms with Gasteiger partial charge in [0.1, 0.15) is 23.2 Å². The highest BCUT2D eigenvalue weighted by Crippen LogP contribution is 2.37. The van der Waals surface area contributed by atoms with Crippen LogP contribution < -0.4 is 14.9 Å². The number of para-hydroxylation sites is 1. The van der Waals surface area contributed by atoms with Crippen molar-refractivity contribution >= 4 is 18.7 Å². The van der Waals surface area contributed by atoms with Crippen LogP contribution in [-0.2, 0) is 20.5 Å². The highest BCUT2D eigenvalue weighted by atomic mass is 16.7. The summed E-state index contributed by atoms with van der Waals surface area (Å²) in [5.74, 6) is 1.77. The third-order valence-corrected chi connectivity index (χ3v) is 7.52. The number of rotatable bonds is 8.